The van der Waals surface area contributed by atoms with Crippen LogP contribution in [-0.2, 0) is 0 Å². The van der Waals surface area contributed by atoms with E-state index in [-0.39, 0.29) is 0 Å². The van der Waals surface area contributed by atoms with Crippen LogP contribution in [0.2, 0.25) is 0 Å². The molecule has 0 saturated carbocycles. The summed E-state index contributed by atoms with van der Waals surface area (Å²) in [4.78, 5) is 8.84. The molecular formula is C16H15N3S. The van der Waals surface area contributed by atoms with Gasteiger partial charge in [-0.05, 0) is 43.7 Å². The van der Waals surface area contributed by atoms with E-state index < -0.39 is 0 Å². The van der Waals surface area contributed by atoms with Crippen LogP contribution < -0.4 is 5.32 Å². The van der Waals surface area contributed by atoms with Gasteiger partial charge in [0.1, 0.15) is 0 Å². The Hall–Kier alpha value is -2.20. The van der Waals surface area contributed by atoms with E-state index in [9.17, 15) is 0 Å². The fraction of sp³-hybridized carbons (Fsp3) is 0.125. The number of thiazole rings is 1. The minimum atomic E-state index is 0.903. The molecule has 0 atom stereocenters. The smallest absolute Gasteiger partial charge is 0.187 e. The lowest BCUT2D eigenvalue weighted by atomic mass is 10.2. The summed E-state index contributed by atoms with van der Waals surface area (Å²) < 4.78 is 0. The van der Waals surface area contributed by atoms with Gasteiger partial charge in [-0.3, -0.25) is 4.98 Å². The first kappa shape index (κ1) is 12.8. The standard InChI is InChI=1S/C16H15N3S/c1-11-4-3-5-14(8-11)18-16-19-15(10-20-16)13-6-7-17-12(2)9-13/h3-10H,1-2H3,(H,18,19). The van der Waals surface area contributed by atoms with E-state index in [2.05, 4.69) is 39.7 Å². The summed E-state index contributed by atoms with van der Waals surface area (Å²) in [6.07, 6.45) is 1.82. The maximum atomic E-state index is 4.63. The third-order valence-corrected chi connectivity index (χ3v) is 3.72. The number of hydrogen-bond donors (Lipinski definition) is 1. The molecule has 3 rings (SSSR count). The molecule has 0 bridgehead atoms. The van der Waals surface area contributed by atoms with Crippen LogP contribution in [0.25, 0.3) is 11.3 Å². The van der Waals surface area contributed by atoms with Crippen molar-refractivity contribution < 1.29 is 0 Å². The Bertz CT molecular complexity index is 734. The zero-order chi connectivity index (χ0) is 13.9. The Morgan fingerprint density at radius 1 is 1.10 bits per heavy atom. The van der Waals surface area contributed by atoms with Gasteiger partial charge in [-0.25, -0.2) is 4.98 Å². The summed E-state index contributed by atoms with van der Waals surface area (Å²) in [6.45, 7) is 4.07. The van der Waals surface area contributed by atoms with Crippen molar-refractivity contribution in [2.45, 2.75) is 13.8 Å². The Morgan fingerprint density at radius 3 is 2.80 bits per heavy atom. The lowest BCUT2D eigenvalue weighted by Gasteiger charge is -2.03. The fourth-order valence-corrected chi connectivity index (χ4v) is 2.75. The summed E-state index contributed by atoms with van der Waals surface area (Å²) in [5.74, 6) is 0. The normalized spacial score (nSPS) is 10.5. The van der Waals surface area contributed by atoms with Crippen molar-refractivity contribution in [2.75, 3.05) is 5.32 Å². The van der Waals surface area contributed by atoms with Gasteiger partial charge in [0.2, 0.25) is 0 Å². The quantitative estimate of drug-likeness (QED) is 0.764. The molecule has 0 aliphatic carbocycles. The SMILES string of the molecule is Cc1cccc(Nc2nc(-c3ccnc(C)c3)cs2)c1. The number of anilines is 2. The highest BCUT2D eigenvalue weighted by molar-refractivity contribution is 7.14. The lowest BCUT2D eigenvalue weighted by Crippen LogP contribution is -1.90. The van der Waals surface area contributed by atoms with Gasteiger partial charge >= 0.3 is 0 Å². The Labute approximate surface area is 122 Å². The van der Waals surface area contributed by atoms with Crippen molar-refractivity contribution in [1.82, 2.24) is 9.97 Å². The number of rotatable bonds is 3. The molecule has 0 unspecified atom stereocenters. The van der Waals surface area contributed by atoms with E-state index in [0.29, 0.717) is 0 Å². The maximum Gasteiger partial charge on any atom is 0.187 e. The molecule has 4 heteroatoms. The van der Waals surface area contributed by atoms with E-state index >= 15 is 0 Å². The summed E-state index contributed by atoms with van der Waals surface area (Å²) in [5.41, 5.74) is 5.39. The number of nitrogens with one attached hydrogen (secondary N) is 1. The van der Waals surface area contributed by atoms with Gasteiger partial charge in [-0.15, -0.1) is 11.3 Å². The average Bonchev–Trinajstić information content (AvgIpc) is 2.87. The highest BCUT2D eigenvalue weighted by atomic mass is 32.1. The molecule has 3 aromatic rings. The van der Waals surface area contributed by atoms with E-state index in [1.54, 1.807) is 11.3 Å². The molecular weight excluding hydrogens is 266 g/mol. The zero-order valence-electron chi connectivity index (χ0n) is 11.4. The summed E-state index contributed by atoms with van der Waals surface area (Å²) in [6, 6.07) is 12.3. The van der Waals surface area contributed by atoms with Crippen molar-refractivity contribution in [3.8, 4) is 11.3 Å². The molecule has 0 aliphatic heterocycles. The topological polar surface area (TPSA) is 37.8 Å². The van der Waals surface area contributed by atoms with E-state index in [1.165, 1.54) is 5.56 Å². The molecule has 20 heavy (non-hydrogen) atoms. The lowest BCUT2D eigenvalue weighted by molar-refractivity contribution is 1.20. The number of pyridine rings is 1. The Morgan fingerprint density at radius 2 is 2.00 bits per heavy atom. The molecule has 1 N–H and O–H groups in total. The molecule has 2 aromatic heterocycles. The van der Waals surface area contributed by atoms with E-state index in [0.717, 1.165) is 27.8 Å². The van der Waals surface area contributed by atoms with E-state index in [4.69, 9.17) is 0 Å². The zero-order valence-corrected chi connectivity index (χ0v) is 12.2. The van der Waals surface area contributed by atoms with Crippen molar-refractivity contribution in [2.24, 2.45) is 0 Å². The third-order valence-electron chi connectivity index (χ3n) is 2.97. The molecule has 3 nitrogen and oxygen atoms in total. The van der Waals surface area contributed by atoms with Crippen molar-refractivity contribution in [3.05, 3.63) is 59.2 Å². The summed E-state index contributed by atoms with van der Waals surface area (Å²) in [5, 5.41) is 6.31. The summed E-state index contributed by atoms with van der Waals surface area (Å²) >= 11 is 1.61. The predicted molar refractivity (Wildman–Crippen MR) is 84.5 cm³/mol. The number of aromatic nitrogens is 2. The molecule has 1 aromatic carbocycles. The van der Waals surface area contributed by atoms with Gasteiger partial charge < -0.3 is 5.32 Å². The van der Waals surface area contributed by atoms with Gasteiger partial charge in [0, 0.05) is 28.5 Å². The van der Waals surface area contributed by atoms with Crippen LogP contribution in [0.5, 0.6) is 0 Å². The van der Waals surface area contributed by atoms with Crippen LogP contribution in [-0.4, -0.2) is 9.97 Å². The van der Waals surface area contributed by atoms with Crippen molar-refractivity contribution in [1.29, 1.82) is 0 Å². The van der Waals surface area contributed by atoms with Crippen molar-refractivity contribution >= 4 is 22.2 Å². The van der Waals surface area contributed by atoms with Crippen LogP contribution in [0.1, 0.15) is 11.3 Å². The molecule has 0 fully saturated rings. The monoisotopic (exact) mass is 281 g/mol. The Balaban J connectivity index is 1.84. The second-order valence-corrected chi connectivity index (χ2v) is 5.58. The molecule has 0 amide bonds. The average molecular weight is 281 g/mol. The molecule has 0 aliphatic rings. The second-order valence-electron chi connectivity index (χ2n) is 4.72. The molecule has 0 saturated heterocycles. The van der Waals surface area contributed by atoms with Crippen LogP contribution in [0.3, 0.4) is 0 Å². The first-order valence-electron chi connectivity index (χ1n) is 6.43. The van der Waals surface area contributed by atoms with Gasteiger partial charge in [-0.2, -0.15) is 0 Å². The molecule has 2 heterocycles. The number of hydrogen-bond acceptors (Lipinski definition) is 4. The van der Waals surface area contributed by atoms with Crippen LogP contribution in [0.15, 0.2) is 48.0 Å². The number of nitrogens with zero attached hydrogens (tertiary/aromatic N) is 2. The van der Waals surface area contributed by atoms with Crippen LogP contribution >= 0.6 is 11.3 Å². The maximum absolute atomic E-state index is 4.63. The number of benzene rings is 1. The van der Waals surface area contributed by atoms with Gasteiger partial charge in [0.15, 0.2) is 5.13 Å². The first-order valence-corrected chi connectivity index (χ1v) is 7.31. The summed E-state index contributed by atoms with van der Waals surface area (Å²) in [7, 11) is 0. The first-order chi connectivity index (χ1) is 9.70. The highest BCUT2D eigenvalue weighted by Crippen LogP contribution is 2.27. The second kappa shape index (κ2) is 5.43. The third kappa shape index (κ3) is 2.86. The van der Waals surface area contributed by atoms with Crippen LogP contribution in [0, 0.1) is 13.8 Å². The number of aryl methyl sites for hydroxylation is 2. The fourth-order valence-electron chi connectivity index (χ4n) is 2.01. The van der Waals surface area contributed by atoms with Gasteiger partial charge in [-0.1, -0.05) is 12.1 Å². The minimum absolute atomic E-state index is 0.903. The minimum Gasteiger partial charge on any atom is -0.332 e. The molecule has 100 valence electrons. The largest absolute Gasteiger partial charge is 0.332 e. The predicted octanol–water partition coefficient (Wildman–Crippen LogP) is 4.57. The van der Waals surface area contributed by atoms with Gasteiger partial charge in [0.05, 0.1) is 5.69 Å². The molecule has 0 radical (unpaired) electrons. The highest BCUT2D eigenvalue weighted by Gasteiger charge is 2.05. The van der Waals surface area contributed by atoms with Gasteiger partial charge in [0.25, 0.3) is 0 Å². The van der Waals surface area contributed by atoms with Crippen molar-refractivity contribution in [3.63, 3.8) is 0 Å². The van der Waals surface area contributed by atoms with E-state index in [1.807, 2.05) is 37.4 Å². The Kier molecular flexibility index (Phi) is 3.48. The van der Waals surface area contributed by atoms with Crippen LogP contribution in [0.4, 0.5) is 10.8 Å². The molecule has 0 spiro atoms.